The van der Waals surface area contributed by atoms with Crippen LogP contribution in [0.25, 0.3) is 0 Å². The van der Waals surface area contributed by atoms with Gasteiger partial charge in [-0.15, -0.1) is 11.8 Å². The molecule has 8 rings (SSSR count). The molecule has 3 aromatic carbocycles. The number of H-pyrrole nitrogens is 1. The van der Waals surface area contributed by atoms with Crippen molar-refractivity contribution < 1.29 is 27.5 Å². The van der Waals surface area contributed by atoms with E-state index in [-0.39, 0.29) is 46.1 Å². The number of carbonyl (C=O) groups is 2. The molecule has 1 saturated heterocycles. The first-order valence-corrected chi connectivity index (χ1v) is 17.5. The highest BCUT2D eigenvalue weighted by atomic mass is 79.9. The molecular weight excluding hydrogens is 725 g/mol. The first kappa shape index (κ1) is 30.3. The first-order valence-electron chi connectivity index (χ1n) is 14.6. The fourth-order valence-corrected chi connectivity index (χ4v) is 11.5. The Hall–Kier alpha value is -3.06. The van der Waals surface area contributed by atoms with Gasteiger partial charge in [0.15, 0.2) is 0 Å². The van der Waals surface area contributed by atoms with Crippen molar-refractivity contribution in [3.05, 3.63) is 107 Å². The molecule has 2 bridgehead atoms. The Kier molecular flexibility index (Phi) is 7.24. The van der Waals surface area contributed by atoms with Gasteiger partial charge in [-0.3, -0.25) is 19.3 Å². The highest BCUT2D eigenvalue weighted by molar-refractivity contribution is 9.10. The number of nitrogens with one attached hydrogen (secondary N) is 1. The lowest BCUT2D eigenvalue weighted by atomic mass is 9.68. The van der Waals surface area contributed by atoms with E-state index in [2.05, 4.69) is 20.9 Å². The highest BCUT2D eigenvalue weighted by Gasteiger charge is 2.70. The van der Waals surface area contributed by atoms with Gasteiger partial charge in [0, 0.05) is 31.1 Å². The van der Waals surface area contributed by atoms with Gasteiger partial charge in [-0.1, -0.05) is 57.1 Å². The lowest BCUT2D eigenvalue weighted by Gasteiger charge is -2.43. The Morgan fingerprint density at radius 1 is 0.978 bits per heavy atom. The van der Waals surface area contributed by atoms with Gasteiger partial charge in [0.25, 0.3) is 0 Å². The Balaban J connectivity index is 1.18. The van der Waals surface area contributed by atoms with Crippen LogP contribution < -0.4 is 14.5 Å². The minimum absolute atomic E-state index is 0.0564. The summed E-state index contributed by atoms with van der Waals surface area (Å²) in [4.78, 5) is 45.3. The van der Waals surface area contributed by atoms with Crippen molar-refractivity contribution in [1.82, 2.24) is 4.98 Å². The molecule has 0 spiro atoms. The summed E-state index contributed by atoms with van der Waals surface area (Å²) >= 11 is 12.4. The molecular formula is C33H23BrClF3N2O4S2. The molecule has 1 aromatic heterocycles. The monoisotopic (exact) mass is 746 g/mol. The smallest absolute Gasteiger partial charge is 0.416 e. The average Bonchev–Trinajstić information content (AvgIpc) is 3.75. The van der Waals surface area contributed by atoms with E-state index in [0.717, 1.165) is 53.9 Å². The molecule has 3 fully saturated rings. The summed E-state index contributed by atoms with van der Waals surface area (Å²) in [5.41, 5.74) is 0.823. The van der Waals surface area contributed by atoms with Gasteiger partial charge in [0.1, 0.15) is 12.4 Å². The normalized spacial score (nSPS) is 27.9. The standard InChI is InChI=1S/C33H23BrClF3N2O4S2/c34-16-6-9-22(44-13-14-4-7-17(35)8-5-14)19(11-16)23-24-20-12-21(27(24)45-29-28(23)46-32(43)39-29)26-25(20)30(41)40(31(26)42)18-3-1-2-15(10-18)33(36,37)38/h1-11,20-21,23-27H,12-13H2,(H,39,43)/t20-,21-,23+,24+,25+,26+,27-/m1/s1. The summed E-state index contributed by atoms with van der Waals surface area (Å²) in [5.74, 6) is -2.35. The molecule has 0 radical (unpaired) electrons. The predicted molar refractivity (Wildman–Crippen MR) is 172 cm³/mol. The number of thiazole rings is 1. The molecule has 2 aliphatic heterocycles. The van der Waals surface area contributed by atoms with E-state index in [9.17, 15) is 27.6 Å². The van der Waals surface area contributed by atoms with Crippen molar-refractivity contribution in [2.24, 2.45) is 29.6 Å². The number of rotatable bonds is 5. The third-order valence-electron chi connectivity index (χ3n) is 9.77. The number of hydrogen-bond donors (Lipinski definition) is 1. The first-order chi connectivity index (χ1) is 22.0. The number of nitrogens with zero attached hydrogens (tertiary/aromatic N) is 1. The van der Waals surface area contributed by atoms with Gasteiger partial charge in [0.05, 0.1) is 28.1 Å². The number of benzene rings is 3. The molecule has 13 heteroatoms. The minimum Gasteiger partial charge on any atom is -0.489 e. The maximum atomic E-state index is 14.0. The van der Waals surface area contributed by atoms with Crippen molar-refractivity contribution in [3.8, 4) is 5.75 Å². The van der Waals surface area contributed by atoms with E-state index in [0.29, 0.717) is 17.2 Å². The molecule has 4 aromatic rings. The van der Waals surface area contributed by atoms with Gasteiger partial charge < -0.3 is 9.72 Å². The molecule has 46 heavy (non-hydrogen) atoms. The topological polar surface area (TPSA) is 79.5 Å². The number of fused-ring (bicyclic) bond motifs is 9. The van der Waals surface area contributed by atoms with Crippen LogP contribution in [0.15, 0.2) is 81.0 Å². The van der Waals surface area contributed by atoms with Gasteiger partial charge in [-0.05, 0) is 78.3 Å². The fourth-order valence-electron chi connectivity index (χ4n) is 8.08. The maximum Gasteiger partial charge on any atom is 0.416 e. The molecule has 6 nitrogen and oxygen atoms in total. The van der Waals surface area contributed by atoms with E-state index in [1.807, 2.05) is 30.3 Å². The van der Waals surface area contributed by atoms with E-state index in [1.54, 1.807) is 23.9 Å². The Morgan fingerprint density at radius 2 is 1.72 bits per heavy atom. The number of aromatic amines is 1. The molecule has 2 aliphatic carbocycles. The van der Waals surface area contributed by atoms with Gasteiger partial charge in [-0.25, -0.2) is 0 Å². The lowest BCUT2D eigenvalue weighted by Crippen LogP contribution is -2.42. The van der Waals surface area contributed by atoms with E-state index < -0.39 is 35.4 Å². The number of anilines is 1. The number of ether oxygens (including phenoxy) is 1. The number of thioether (sulfide) groups is 1. The fraction of sp³-hybridized carbons (Fsp3) is 0.303. The molecule has 7 atom stereocenters. The third kappa shape index (κ3) is 4.78. The van der Waals surface area contributed by atoms with Gasteiger partial charge in [-0.2, -0.15) is 13.2 Å². The number of halogens is 5. The van der Waals surface area contributed by atoms with Crippen LogP contribution in [0.5, 0.6) is 5.75 Å². The Labute approximate surface area is 282 Å². The molecule has 0 unspecified atom stereocenters. The second kappa shape index (κ2) is 11.0. The third-order valence-corrected chi connectivity index (χ3v) is 13.1. The largest absolute Gasteiger partial charge is 0.489 e. The zero-order valence-corrected chi connectivity index (χ0v) is 27.6. The molecule has 4 aliphatic rings. The molecule has 3 heterocycles. The lowest BCUT2D eigenvalue weighted by molar-refractivity contribution is -0.137. The van der Waals surface area contributed by atoms with Crippen LogP contribution in [-0.2, 0) is 22.4 Å². The van der Waals surface area contributed by atoms with Crippen LogP contribution in [0.3, 0.4) is 0 Å². The molecule has 236 valence electrons. The van der Waals surface area contributed by atoms with Gasteiger partial charge in [0.2, 0.25) is 11.8 Å². The summed E-state index contributed by atoms with van der Waals surface area (Å²) in [6.45, 7) is 0.285. The Bertz CT molecular complexity index is 1970. The Morgan fingerprint density at radius 3 is 2.46 bits per heavy atom. The van der Waals surface area contributed by atoms with Crippen LogP contribution in [0.4, 0.5) is 18.9 Å². The number of hydrogen-bond acceptors (Lipinski definition) is 6. The van der Waals surface area contributed by atoms with Crippen LogP contribution in [0, 0.1) is 29.6 Å². The van der Waals surface area contributed by atoms with Crippen molar-refractivity contribution in [1.29, 1.82) is 0 Å². The summed E-state index contributed by atoms with van der Waals surface area (Å²) in [6.07, 6.45) is -3.96. The second-order valence-electron chi connectivity index (χ2n) is 12.1. The molecule has 1 N–H and O–H groups in total. The zero-order chi connectivity index (χ0) is 32.1. The number of imide groups is 1. The van der Waals surface area contributed by atoms with E-state index in [1.165, 1.54) is 12.1 Å². The number of alkyl halides is 3. The van der Waals surface area contributed by atoms with E-state index in [4.69, 9.17) is 16.3 Å². The number of aromatic nitrogens is 1. The van der Waals surface area contributed by atoms with Crippen molar-refractivity contribution >= 4 is 68.1 Å². The van der Waals surface area contributed by atoms with Gasteiger partial charge >= 0.3 is 11.0 Å². The SMILES string of the molecule is O=C1[C@H]2[C@H]3C[C@@H]([C@@H]2C(=O)N1c1cccc(C(F)(F)F)c1)[C@H]1[C@H](c2cc(Br)ccc2OCc2ccc(Cl)cc2)c2sc(=O)[nH]c2S[C@H]31. The van der Waals surface area contributed by atoms with Crippen LogP contribution >= 0.6 is 50.6 Å². The summed E-state index contributed by atoms with van der Waals surface area (Å²) in [6, 6.07) is 17.5. The van der Waals surface area contributed by atoms with Crippen molar-refractivity contribution in [2.75, 3.05) is 4.90 Å². The van der Waals surface area contributed by atoms with Crippen LogP contribution in [0.1, 0.15) is 33.9 Å². The average molecular weight is 748 g/mol. The van der Waals surface area contributed by atoms with Crippen molar-refractivity contribution in [3.63, 3.8) is 0 Å². The molecule has 2 saturated carbocycles. The van der Waals surface area contributed by atoms with Crippen LogP contribution in [-0.4, -0.2) is 22.0 Å². The van der Waals surface area contributed by atoms with Crippen LogP contribution in [0.2, 0.25) is 5.02 Å². The molecule has 2 amide bonds. The predicted octanol–water partition coefficient (Wildman–Crippen LogP) is 8.13. The van der Waals surface area contributed by atoms with Crippen molar-refractivity contribution in [2.45, 2.75) is 35.4 Å². The van der Waals surface area contributed by atoms with E-state index >= 15 is 0 Å². The number of carbonyl (C=O) groups excluding carboxylic acids is 2. The number of amides is 2. The maximum absolute atomic E-state index is 14.0. The quantitative estimate of drug-likeness (QED) is 0.209. The summed E-state index contributed by atoms with van der Waals surface area (Å²) in [7, 11) is 0. The second-order valence-corrected chi connectivity index (χ2v) is 15.7. The zero-order valence-electron chi connectivity index (χ0n) is 23.6. The summed E-state index contributed by atoms with van der Waals surface area (Å²) < 4.78 is 47.8. The summed E-state index contributed by atoms with van der Waals surface area (Å²) in [5, 5.41) is 1.28. The highest BCUT2D eigenvalue weighted by Crippen LogP contribution is 2.69. The minimum atomic E-state index is -4.61.